The Morgan fingerprint density at radius 1 is 0.806 bits per heavy atom. The summed E-state index contributed by atoms with van der Waals surface area (Å²) in [6.07, 6.45) is 1.47. The van der Waals surface area contributed by atoms with E-state index < -0.39 is 17.2 Å². The minimum atomic E-state index is -0.558. The molecular weight excluding hydrogens is 467 g/mol. The van der Waals surface area contributed by atoms with E-state index in [0.29, 0.717) is 39.9 Å². The molecule has 0 radical (unpaired) electrons. The summed E-state index contributed by atoms with van der Waals surface area (Å²) in [5.74, 6) is 0.773. The van der Waals surface area contributed by atoms with Crippen LogP contribution < -0.4 is 29.3 Å². The van der Waals surface area contributed by atoms with E-state index in [1.54, 1.807) is 34.9 Å². The van der Waals surface area contributed by atoms with Gasteiger partial charge in [0.15, 0.2) is 23.0 Å². The first-order valence-electron chi connectivity index (χ1n) is 10.9. The number of carbonyl (C=O) groups is 1. The number of halogens is 1. The van der Waals surface area contributed by atoms with E-state index in [2.05, 4.69) is 0 Å². The summed E-state index contributed by atoms with van der Waals surface area (Å²) in [7, 11) is 7.54. The van der Waals surface area contributed by atoms with Crippen LogP contribution in [0.2, 0.25) is 0 Å². The first kappa shape index (κ1) is 24.6. The molecule has 9 heteroatoms. The predicted molar refractivity (Wildman–Crippen MR) is 135 cm³/mol. The first-order chi connectivity index (χ1) is 17.3. The smallest absolute Gasteiger partial charge is 0.263 e. The molecule has 0 bridgehead atoms. The topological polar surface area (TPSA) is 79.2 Å². The maximum atomic E-state index is 13.6. The standard InChI is InChI=1S/C27H25FN2O6/c1-29(17-8-6-16(28)7-9-17)27(32)20-15-30(18-10-11-22(33-2)23(12-18)34-3)21-14-25(36-5)24(35-4)13-19(21)26(20)31/h6-15H,1-5H3. The van der Waals surface area contributed by atoms with Gasteiger partial charge in [-0.2, -0.15) is 0 Å². The lowest BCUT2D eigenvalue weighted by Crippen LogP contribution is -2.31. The maximum absolute atomic E-state index is 13.6. The number of pyridine rings is 1. The average Bonchev–Trinajstić information content (AvgIpc) is 2.91. The largest absolute Gasteiger partial charge is 0.493 e. The highest BCUT2D eigenvalue weighted by atomic mass is 19.1. The van der Waals surface area contributed by atoms with Crippen molar-refractivity contribution < 1.29 is 28.1 Å². The third kappa shape index (κ3) is 4.31. The van der Waals surface area contributed by atoms with Crippen molar-refractivity contribution in [2.45, 2.75) is 0 Å². The molecule has 0 spiro atoms. The van der Waals surface area contributed by atoms with Crippen molar-refractivity contribution in [2.24, 2.45) is 0 Å². The van der Waals surface area contributed by atoms with Crippen molar-refractivity contribution in [3.05, 3.63) is 82.4 Å². The normalized spacial score (nSPS) is 10.7. The highest BCUT2D eigenvalue weighted by molar-refractivity contribution is 6.07. The summed E-state index contributed by atoms with van der Waals surface area (Å²) in [6.45, 7) is 0. The number of carbonyl (C=O) groups excluding carboxylic acids is 1. The van der Waals surface area contributed by atoms with Gasteiger partial charge in [-0.25, -0.2) is 4.39 Å². The Kier molecular flexibility index (Phi) is 6.82. The van der Waals surface area contributed by atoms with Crippen LogP contribution in [0.25, 0.3) is 16.6 Å². The average molecular weight is 493 g/mol. The molecule has 0 fully saturated rings. The quantitative estimate of drug-likeness (QED) is 0.380. The van der Waals surface area contributed by atoms with Crippen molar-refractivity contribution in [1.29, 1.82) is 0 Å². The molecule has 1 heterocycles. The van der Waals surface area contributed by atoms with Crippen molar-refractivity contribution >= 4 is 22.5 Å². The third-order valence-electron chi connectivity index (χ3n) is 5.90. The van der Waals surface area contributed by atoms with Gasteiger partial charge in [-0.05, 0) is 42.5 Å². The van der Waals surface area contributed by atoms with Gasteiger partial charge in [0.05, 0.1) is 39.3 Å². The monoisotopic (exact) mass is 492 g/mol. The number of aromatic nitrogens is 1. The molecule has 4 rings (SSSR count). The molecule has 0 aliphatic rings. The van der Waals surface area contributed by atoms with Gasteiger partial charge in [0.25, 0.3) is 5.91 Å². The van der Waals surface area contributed by atoms with Gasteiger partial charge in [0, 0.05) is 36.8 Å². The zero-order valence-electron chi connectivity index (χ0n) is 20.5. The summed E-state index contributed by atoms with van der Waals surface area (Å²) in [5, 5.41) is 0.251. The van der Waals surface area contributed by atoms with Gasteiger partial charge in [0.1, 0.15) is 11.4 Å². The second-order valence-electron chi connectivity index (χ2n) is 7.85. The lowest BCUT2D eigenvalue weighted by atomic mass is 10.1. The minimum Gasteiger partial charge on any atom is -0.493 e. The summed E-state index contributed by atoms with van der Waals surface area (Å²) >= 11 is 0. The number of hydrogen-bond acceptors (Lipinski definition) is 6. The number of rotatable bonds is 7. The zero-order valence-corrected chi connectivity index (χ0v) is 20.5. The molecule has 0 aliphatic carbocycles. The van der Waals surface area contributed by atoms with Crippen LogP contribution in [-0.2, 0) is 0 Å². The van der Waals surface area contributed by atoms with Crippen molar-refractivity contribution in [3.8, 4) is 28.7 Å². The van der Waals surface area contributed by atoms with Gasteiger partial charge in [-0.15, -0.1) is 0 Å². The Balaban J connectivity index is 1.99. The van der Waals surface area contributed by atoms with E-state index >= 15 is 0 Å². The minimum absolute atomic E-state index is 0.0867. The van der Waals surface area contributed by atoms with E-state index in [0.717, 1.165) is 0 Å². The molecule has 0 saturated carbocycles. The molecule has 0 aliphatic heterocycles. The third-order valence-corrected chi connectivity index (χ3v) is 5.90. The zero-order chi connectivity index (χ0) is 26.0. The summed E-state index contributed by atoms with van der Waals surface area (Å²) in [5.41, 5.74) is 0.970. The van der Waals surface area contributed by atoms with Crippen LogP contribution in [0.15, 0.2) is 65.6 Å². The number of amides is 1. The van der Waals surface area contributed by atoms with Crippen LogP contribution in [0.1, 0.15) is 10.4 Å². The Labute approximate surface area is 207 Å². The van der Waals surface area contributed by atoms with Crippen LogP contribution in [0, 0.1) is 5.82 Å². The van der Waals surface area contributed by atoms with Gasteiger partial charge in [-0.3, -0.25) is 9.59 Å². The van der Waals surface area contributed by atoms with Crippen molar-refractivity contribution in [2.75, 3.05) is 40.4 Å². The van der Waals surface area contributed by atoms with Crippen LogP contribution in [0.3, 0.4) is 0 Å². The Morgan fingerprint density at radius 3 is 2.00 bits per heavy atom. The fraction of sp³-hybridized carbons (Fsp3) is 0.185. The fourth-order valence-corrected chi connectivity index (χ4v) is 3.96. The Hall–Kier alpha value is -4.53. The SMILES string of the molecule is COc1ccc(-n2cc(C(=O)N(C)c3ccc(F)cc3)c(=O)c3cc(OC)c(OC)cc32)cc1OC. The second kappa shape index (κ2) is 9.99. The van der Waals surface area contributed by atoms with Crippen molar-refractivity contribution in [3.63, 3.8) is 0 Å². The second-order valence-corrected chi connectivity index (χ2v) is 7.85. The number of fused-ring (bicyclic) bond motifs is 1. The number of methoxy groups -OCH3 is 4. The summed E-state index contributed by atoms with van der Waals surface area (Å²) < 4.78 is 36.7. The van der Waals surface area contributed by atoms with E-state index in [4.69, 9.17) is 18.9 Å². The highest BCUT2D eigenvalue weighted by Gasteiger charge is 2.22. The van der Waals surface area contributed by atoms with E-state index in [1.165, 1.54) is 70.8 Å². The molecule has 0 N–H and O–H groups in total. The van der Waals surface area contributed by atoms with E-state index in [9.17, 15) is 14.0 Å². The number of benzene rings is 3. The molecule has 1 aromatic heterocycles. The molecule has 36 heavy (non-hydrogen) atoms. The maximum Gasteiger partial charge on any atom is 0.263 e. The van der Waals surface area contributed by atoms with Gasteiger partial charge >= 0.3 is 0 Å². The summed E-state index contributed by atoms with van der Waals surface area (Å²) in [4.78, 5) is 28.4. The van der Waals surface area contributed by atoms with Crippen LogP contribution in [-0.4, -0.2) is 46.0 Å². The van der Waals surface area contributed by atoms with E-state index in [1.807, 2.05) is 0 Å². The molecule has 3 aromatic carbocycles. The first-order valence-corrected chi connectivity index (χ1v) is 10.9. The van der Waals surface area contributed by atoms with Gasteiger partial charge in [0.2, 0.25) is 5.43 Å². The lowest BCUT2D eigenvalue weighted by Gasteiger charge is -2.20. The van der Waals surface area contributed by atoms with Crippen molar-refractivity contribution in [1.82, 2.24) is 4.57 Å². The molecule has 0 unspecified atom stereocenters. The molecule has 4 aromatic rings. The molecule has 0 atom stereocenters. The summed E-state index contributed by atoms with van der Waals surface area (Å²) in [6, 6.07) is 13.9. The Bertz CT molecular complexity index is 1500. The van der Waals surface area contributed by atoms with Crippen LogP contribution in [0.4, 0.5) is 10.1 Å². The fourth-order valence-electron chi connectivity index (χ4n) is 3.96. The van der Waals surface area contributed by atoms with Crippen LogP contribution in [0.5, 0.6) is 23.0 Å². The molecule has 8 nitrogen and oxygen atoms in total. The molecule has 1 amide bonds. The molecule has 186 valence electrons. The van der Waals surface area contributed by atoms with Gasteiger partial charge in [-0.1, -0.05) is 0 Å². The number of nitrogens with zero attached hydrogens (tertiary/aromatic N) is 2. The lowest BCUT2D eigenvalue weighted by molar-refractivity contribution is 0.0991. The van der Waals surface area contributed by atoms with E-state index in [-0.39, 0.29) is 10.9 Å². The highest BCUT2D eigenvalue weighted by Crippen LogP contribution is 2.34. The predicted octanol–water partition coefficient (Wildman–Crippen LogP) is 4.44. The van der Waals surface area contributed by atoms with Crippen LogP contribution >= 0.6 is 0 Å². The number of ether oxygens (including phenoxy) is 4. The molecular formula is C27H25FN2O6. The number of hydrogen-bond donors (Lipinski definition) is 0. The molecule has 0 saturated heterocycles. The Morgan fingerprint density at radius 2 is 1.39 bits per heavy atom. The van der Waals surface area contributed by atoms with Gasteiger partial charge < -0.3 is 28.4 Å². The number of anilines is 1.